The highest BCUT2D eigenvalue weighted by molar-refractivity contribution is 5.36. The summed E-state index contributed by atoms with van der Waals surface area (Å²) in [5.41, 5.74) is 1.12. The Morgan fingerprint density at radius 1 is 1.24 bits per heavy atom. The van der Waals surface area contributed by atoms with Crippen molar-refractivity contribution in [1.82, 2.24) is 4.98 Å². The van der Waals surface area contributed by atoms with Crippen LogP contribution in [0.2, 0.25) is 0 Å². The second-order valence-corrected chi connectivity index (χ2v) is 5.20. The van der Waals surface area contributed by atoms with Crippen molar-refractivity contribution in [3.63, 3.8) is 0 Å². The molecule has 0 radical (unpaired) electrons. The Hall–Kier alpha value is -1.25. The van der Waals surface area contributed by atoms with Gasteiger partial charge in [0.1, 0.15) is 5.75 Å². The lowest BCUT2D eigenvalue weighted by Crippen LogP contribution is -2.10. The lowest BCUT2D eigenvalue weighted by atomic mass is 10.1. The van der Waals surface area contributed by atoms with Gasteiger partial charge in [0.15, 0.2) is 0 Å². The van der Waals surface area contributed by atoms with E-state index in [1.165, 1.54) is 12.8 Å². The van der Waals surface area contributed by atoms with E-state index >= 15 is 0 Å². The average Bonchev–Trinajstić information content (AvgIpc) is 3.03. The first kappa shape index (κ1) is 12.2. The minimum atomic E-state index is 0.148. The Bertz CT molecular complexity index is 384. The molecule has 1 saturated carbocycles. The van der Waals surface area contributed by atoms with Gasteiger partial charge in [-0.15, -0.1) is 0 Å². The van der Waals surface area contributed by atoms with E-state index in [4.69, 9.17) is 9.47 Å². The molecule has 0 atom stereocenters. The summed E-state index contributed by atoms with van der Waals surface area (Å²) in [6.07, 6.45) is 4.66. The SMILES string of the molecule is CC(C)Oc1ncc(OC2CC2)cc1C(C)C. The van der Waals surface area contributed by atoms with Gasteiger partial charge in [-0.1, -0.05) is 13.8 Å². The van der Waals surface area contributed by atoms with Crippen LogP contribution in [0.15, 0.2) is 12.3 Å². The van der Waals surface area contributed by atoms with E-state index in [0.29, 0.717) is 12.0 Å². The third kappa shape index (κ3) is 3.35. The number of hydrogen-bond donors (Lipinski definition) is 0. The number of hydrogen-bond acceptors (Lipinski definition) is 3. The second kappa shape index (κ2) is 4.94. The molecule has 0 bridgehead atoms. The van der Waals surface area contributed by atoms with Gasteiger partial charge >= 0.3 is 0 Å². The highest BCUT2D eigenvalue weighted by atomic mass is 16.5. The Balaban J connectivity index is 2.19. The summed E-state index contributed by atoms with van der Waals surface area (Å²) >= 11 is 0. The predicted octanol–water partition coefficient (Wildman–Crippen LogP) is 3.53. The molecule has 1 heterocycles. The first-order chi connectivity index (χ1) is 8.06. The van der Waals surface area contributed by atoms with Crippen LogP contribution in [0.5, 0.6) is 11.6 Å². The highest BCUT2D eigenvalue weighted by Gasteiger charge is 2.24. The zero-order valence-corrected chi connectivity index (χ0v) is 11.1. The van der Waals surface area contributed by atoms with Crippen molar-refractivity contribution in [2.24, 2.45) is 0 Å². The molecule has 1 fully saturated rings. The monoisotopic (exact) mass is 235 g/mol. The molecule has 17 heavy (non-hydrogen) atoms. The first-order valence-electron chi connectivity index (χ1n) is 6.39. The van der Waals surface area contributed by atoms with Crippen molar-refractivity contribution < 1.29 is 9.47 Å². The van der Waals surface area contributed by atoms with Crippen LogP contribution >= 0.6 is 0 Å². The second-order valence-electron chi connectivity index (χ2n) is 5.20. The average molecular weight is 235 g/mol. The molecule has 1 aliphatic carbocycles. The summed E-state index contributed by atoms with van der Waals surface area (Å²) in [7, 11) is 0. The summed E-state index contributed by atoms with van der Waals surface area (Å²) < 4.78 is 11.5. The molecule has 3 nitrogen and oxygen atoms in total. The molecule has 1 aromatic heterocycles. The number of ether oxygens (including phenoxy) is 2. The fourth-order valence-electron chi connectivity index (χ4n) is 1.63. The minimum absolute atomic E-state index is 0.148. The van der Waals surface area contributed by atoms with E-state index in [1.807, 2.05) is 13.8 Å². The molecule has 0 unspecified atom stereocenters. The molecule has 0 N–H and O–H groups in total. The third-order valence-corrected chi connectivity index (χ3v) is 2.65. The van der Waals surface area contributed by atoms with Gasteiger partial charge in [-0.05, 0) is 38.7 Å². The van der Waals surface area contributed by atoms with Crippen LogP contribution in [-0.2, 0) is 0 Å². The molecule has 3 heteroatoms. The predicted molar refractivity (Wildman–Crippen MR) is 67.7 cm³/mol. The number of rotatable bonds is 5. The Morgan fingerprint density at radius 3 is 2.47 bits per heavy atom. The zero-order chi connectivity index (χ0) is 12.4. The zero-order valence-electron chi connectivity index (χ0n) is 11.1. The normalized spacial score (nSPS) is 15.4. The van der Waals surface area contributed by atoms with E-state index in [2.05, 4.69) is 24.9 Å². The standard InChI is InChI=1S/C14H21NO2/c1-9(2)13-7-12(17-11-5-6-11)8-15-14(13)16-10(3)4/h7-11H,5-6H2,1-4H3. The molecular weight excluding hydrogens is 214 g/mol. The molecule has 0 amide bonds. The van der Waals surface area contributed by atoms with Gasteiger partial charge in [0.05, 0.1) is 18.4 Å². The van der Waals surface area contributed by atoms with Gasteiger partial charge in [0.2, 0.25) is 5.88 Å². The molecular formula is C14H21NO2. The molecule has 1 aromatic rings. The summed E-state index contributed by atoms with van der Waals surface area (Å²) in [6.45, 7) is 8.32. The summed E-state index contributed by atoms with van der Waals surface area (Å²) in [5.74, 6) is 1.99. The quantitative estimate of drug-likeness (QED) is 0.782. The van der Waals surface area contributed by atoms with Gasteiger partial charge in [-0.2, -0.15) is 0 Å². The summed E-state index contributed by atoms with van der Waals surface area (Å²) in [5, 5.41) is 0. The molecule has 0 aliphatic heterocycles. The van der Waals surface area contributed by atoms with Gasteiger partial charge < -0.3 is 9.47 Å². The molecule has 0 aromatic carbocycles. The van der Waals surface area contributed by atoms with Crippen LogP contribution in [0.25, 0.3) is 0 Å². The number of nitrogens with zero attached hydrogens (tertiary/aromatic N) is 1. The smallest absolute Gasteiger partial charge is 0.217 e. The maximum atomic E-state index is 5.76. The molecule has 94 valence electrons. The van der Waals surface area contributed by atoms with E-state index < -0.39 is 0 Å². The summed E-state index contributed by atoms with van der Waals surface area (Å²) in [6, 6.07) is 2.06. The van der Waals surface area contributed by atoms with E-state index in [0.717, 1.165) is 17.2 Å². The largest absolute Gasteiger partial charge is 0.489 e. The Labute approximate surface area is 103 Å². The lowest BCUT2D eigenvalue weighted by Gasteiger charge is -2.16. The number of aromatic nitrogens is 1. The minimum Gasteiger partial charge on any atom is -0.489 e. The van der Waals surface area contributed by atoms with Crippen LogP contribution in [0, 0.1) is 0 Å². The number of pyridine rings is 1. The van der Waals surface area contributed by atoms with E-state index in [1.54, 1.807) is 6.20 Å². The highest BCUT2D eigenvalue weighted by Crippen LogP contribution is 2.32. The topological polar surface area (TPSA) is 31.4 Å². The van der Waals surface area contributed by atoms with Gasteiger partial charge in [-0.3, -0.25) is 0 Å². The molecule has 0 saturated heterocycles. The van der Waals surface area contributed by atoms with Gasteiger partial charge in [-0.25, -0.2) is 4.98 Å². The molecule has 1 aliphatic rings. The maximum Gasteiger partial charge on any atom is 0.217 e. The van der Waals surface area contributed by atoms with E-state index in [9.17, 15) is 0 Å². The van der Waals surface area contributed by atoms with Gasteiger partial charge in [0, 0.05) is 5.56 Å². The molecule has 0 spiro atoms. The lowest BCUT2D eigenvalue weighted by molar-refractivity contribution is 0.227. The van der Waals surface area contributed by atoms with Crippen LogP contribution < -0.4 is 9.47 Å². The van der Waals surface area contributed by atoms with Crippen molar-refractivity contribution in [3.8, 4) is 11.6 Å². The van der Waals surface area contributed by atoms with Crippen LogP contribution in [0.4, 0.5) is 0 Å². The fourth-order valence-corrected chi connectivity index (χ4v) is 1.63. The third-order valence-electron chi connectivity index (χ3n) is 2.65. The van der Waals surface area contributed by atoms with Crippen molar-refractivity contribution >= 4 is 0 Å². The Morgan fingerprint density at radius 2 is 1.94 bits per heavy atom. The van der Waals surface area contributed by atoms with E-state index in [-0.39, 0.29) is 6.10 Å². The van der Waals surface area contributed by atoms with Crippen molar-refractivity contribution in [2.45, 2.75) is 58.7 Å². The van der Waals surface area contributed by atoms with Crippen LogP contribution in [-0.4, -0.2) is 17.2 Å². The summed E-state index contributed by atoms with van der Waals surface area (Å²) in [4.78, 5) is 4.37. The fraction of sp³-hybridized carbons (Fsp3) is 0.643. The Kier molecular flexibility index (Phi) is 3.55. The molecule has 2 rings (SSSR count). The van der Waals surface area contributed by atoms with Crippen LogP contribution in [0.3, 0.4) is 0 Å². The first-order valence-corrected chi connectivity index (χ1v) is 6.39. The van der Waals surface area contributed by atoms with Crippen LogP contribution in [0.1, 0.15) is 52.0 Å². The maximum absolute atomic E-state index is 5.76. The van der Waals surface area contributed by atoms with Gasteiger partial charge in [0.25, 0.3) is 0 Å². The van der Waals surface area contributed by atoms with Crippen molar-refractivity contribution in [2.75, 3.05) is 0 Å². The van der Waals surface area contributed by atoms with Crippen molar-refractivity contribution in [3.05, 3.63) is 17.8 Å². The van der Waals surface area contributed by atoms with Crippen molar-refractivity contribution in [1.29, 1.82) is 0 Å².